The minimum atomic E-state index is -3.33. The molecule has 0 heterocycles. The van der Waals surface area contributed by atoms with E-state index < -0.39 is 9.05 Å². The molecule has 0 bridgehead atoms. The Kier molecular flexibility index (Phi) is 3.67. The standard InChI is InChI=1S/C5H7ClO2S/c1-2-3-4-5-9(6,7)8/h4-5H2,1H3. The van der Waals surface area contributed by atoms with Gasteiger partial charge in [-0.2, -0.15) is 0 Å². The first-order valence-corrected chi connectivity index (χ1v) is 4.86. The molecule has 52 valence electrons. The van der Waals surface area contributed by atoms with Crippen molar-refractivity contribution in [1.29, 1.82) is 0 Å². The van der Waals surface area contributed by atoms with E-state index in [1.165, 1.54) is 0 Å². The Morgan fingerprint density at radius 3 is 2.44 bits per heavy atom. The minimum absolute atomic E-state index is 0.0601. The summed E-state index contributed by atoms with van der Waals surface area (Å²) in [5.74, 6) is 5.10. The fourth-order valence-corrected chi connectivity index (χ4v) is 0.875. The van der Waals surface area contributed by atoms with Gasteiger partial charge in [0.15, 0.2) is 0 Å². The van der Waals surface area contributed by atoms with Crippen LogP contribution in [-0.2, 0) is 9.05 Å². The summed E-state index contributed by atoms with van der Waals surface area (Å²) < 4.78 is 20.4. The van der Waals surface area contributed by atoms with Gasteiger partial charge in [0, 0.05) is 17.1 Å². The molecule has 0 amide bonds. The molecule has 0 unspecified atom stereocenters. The SMILES string of the molecule is CC#CCCS(=O)(=O)Cl. The highest BCUT2D eigenvalue weighted by molar-refractivity contribution is 8.13. The van der Waals surface area contributed by atoms with Crippen molar-refractivity contribution in [3.8, 4) is 11.8 Å². The third-order valence-electron chi connectivity index (χ3n) is 0.648. The Balaban J connectivity index is 3.62. The smallest absolute Gasteiger partial charge is 0.212 e. The third-order valence-corrected chi connectivity index (χ3v) is 1.80. The molecule has 0 aromatic carbocycles. The van der Waals surface area contributed by atoms with E-state index in [1.54, 1.807) is 6.92 Å². The lowest BCUT2D eigenvalue weighted by molar-refractivity contribution is 0.609. The van der Waals surface area contributed by atoms with Gasteiger partial charge in [-0.25, -0.2) is 8.42 Å². The highest BCUT2D eigenvalue weighted by atomic mass is 35.7. The molecule has 2 nitrogen and oxygen atoms in total. The molecule has 0 aliphatic rings. The molecule has 0 rings (SSSR count). The van der Waals surface area contributed by atoms with Crippen molar-refractivity contribution in [2.45, 2.75) is 13.3 Å². The summed E-state index contributed by atoms with van der Waals surface area (Å²) in [4.78, 5) is 0. The van der Waals surface area contributed by atoms with E-state index in [4.69, 9.17) is 10.7 Å². The van der Waals surface area contributed by atoms with Crippen molar-refractivity contribution >= 4 is 19.7 Å². The van der Waals surface area contributed by atoms with Crippen molar-refractivity contribution in [1.82, 2.24) is 0 Å². The van der Waals surface area contributed by atoms with Crippen LogP contribution in [0, 0.1) is 11.8 Å². The van der Waals surface area contributed by atoms with Crippen molar-refractivity contribution in [2.75, 3.05) is 5.75 Å². The summed E-state index contributed by atoms with van der Waals surface area (Å²) in [6, 6.07) is 0. The minimum Gasteiger partial charge on any atom is -0.212 e. The predicted molar refractivity (Wildman–Crippen MR) is 37.7 cm³/mol. The molecule has 4 heteroatoms. The molecule has 0 fully saturated rings. The lowest BCUT2D eigenvalue weighted by Gasteiger charge is -1.84. The van der Waals surface area contributed by atoms with Crippen LogP contribution in [0.1, 0.15) is 13.3 Å². The normalized spacial score (nSPS) is 10.0. The second-order valence-corrected chi connectivity index (χ2v) is 4.32. The lowest BCUT2D eigenvalue weighted by Crippen LogP contribution is -1.94. The van der Waals surface area contributed by atoms with Gasteiger partial charge >= 0.3 is 0 Å². The van der Waals surface area contributed by atoms with Gasteiger partial charge in [0.25, 0.3) is 0 Å². The molecule has 0 spiro atoms. The summed E-state index contributed by atoms with van der Waals surface area (Å²) >= 11 is 0. The summed E-state index contributed by atoms with van der Waals surface area (Å²) in [6.07, 6.45) is 0.322. The van der Waals surface area contributed by atoms with E-state index in [0.29, 0.717) is 6.42 Å². The number of halogens is 1. The fraction of sp³-hybridized carbons (Fsp3) is 0.600. The van der Waals surface area contributed by atoms with Gasteiger partial charge in [-0.1, -0.05) is 0 Å². The molecule has 0 saturated heterocycles. The van der Waals surface area contributed by atoms with Crippen LogP contribution in [0.4, 0.5) is 0 Å². The zero-order chi connectivity index (χ0) is 7.33. The van der Waals surface area contributed by atoms with Gasteiger partial charge in [-0.05, 0) is 6.92 Å². The molecule has 0 radical (unpaired) electrons. The summed E-state index contributed by atoms with van der Waals surface area (Å²) in [5, 5.41) is 0. The second-order valence-electron chi connectivity index (χ2n) is 1.42. The monoisotopic (exact) mass is 166 g/mol. The quantitative estimate of drug-likeness (QED) is 0.453. The second kappa shape index (κ2) is 3.76. The maximum absolute atomic E-state index is 10.2. The Labute approximate surface area is 59.6 Å². The van der Waals surface area contributed by atoms with E-state index in [1.807, 2.05) is 0 Å². The van der Waals surface area contributed by atoms with E-state index in [2.05, 4.69) is 11.8 Å². The zero-order valence-electron chi connectivity index (χ0n) is 5.02. The first kappa shape index (κ1) is 8.80. The Morgan fingerprint density at radius 2 is 2.11 bits per heavy atom. The largest absolute Gasteiger partial charge is 0.233 e. The van der Waals surface area contributed by atoms with Crippen LogP contribution in [0.25, 0.3) is 0 Å². The van der Waals surface area contributed by atoms with Gasteiger partial charge in [-0.15, -0.1) is 11.8 Å². The van der Waals surface area contributed by atoms with Crippen LogP contribution >= 0.6 is 10.7 Å². The maximum Gasteiger partial charge on any atom is 0.233 e. The lowest BCUT2D eigenvalue weighted by atomic mass is 10.5. The zero-order valence-corrected chi connectivity index (χ0v) is 6.59. The number of hydrogen-bond acceptors (Lipinski definition) is 2. The average Bonchev–Trinajstić information content (AvgIpc) is 1.63. The van der Waals surface area contributed by atoms with Crippen molar-refractivity contribution < 1.29 is 8.42 Å². The van der Waals surface area contributed by atoms with Gasteiger partial charge in [0.1, 0.15) is 0 Å². The Morgan fingerprint density at radius 1 is 1.56 bits per heavy atom. The molecule has 0 aromatic rings. The molecule has 0 atom stereocenters. The van der Waals surface area contributed by atoms with Gasteiger partial charge in [0.05, 0.1) is 5.75 Å². The molecule has 0 N–H and O–H groups in total. The van der Waals surface area contributed by atoms with Crippen molar-refractivity contribution in [3.05, 3.63) is 0 Å². The molecular formula is C5H7ClO2S. The summed E-state index contributed by atoms with van der Waals surface area (Å²) in [6.45, 7) is 1.65. The van der Waals surface area contributed by atoms with Crippen LogP contribution in [0.5, 0.6) is 0 Å². The van der Waals surface area contributed by atoms with Gasteiger partial charge in [0.2, 0.25) is 9.05 Å². The third kappa shape index (κ3) is 7.80. The topological polar surface area (TPSA) is 34.1 Å². The van der Waals surface area contributed by atoms with Gasteiger partial charge in [-0.3, -0.25) is 0 Å². The van der Waals surface area contributed by atoms with Crippen LogP contribution < -0.4 is 0 Å². The predicted octanol–water partition coefficient (Wildman–Crippen LogP) is 0.968. The number of hydrogen-bond donors (Lipinski definition) is 0. The van der Waals surface area contributed by atoms with E-state index in [0.717, 1.165) is 0 Å². The molecular weight excluding hydrogens is 160 g/mol. The van der Waals surface area contributed by atoms with Crippen LogP contribution in [0.2, 0.25) is 0 Å². The van der Waals surface area contributed by atoms with Crippen molar-refractivity contribution in [2.24, 2.45) is 0 Å². The number of rotatable bonds is 2. The summed E-state index contributed by atoms with van der Waals surface area (Å²) in [7, 11) is 1.55. The Bertz CT molecular complexity index is 219. The van der Waals surface area contributed by atoms with Crippen LogP contribution in [0.15, 0.2) is 0 Å². The molecule has 0 aliphatic heterocycles. The van der Waals surface area contributed by atoms with E-state index in [-0.39, 0.29) is 5.75 Å². The molecule has 0 aliphatic carbocycles. The molecule has 0 saturated carbocycles. The summed E-state index contributed by atoms with van der Waals surface area (Å²) in [5.41, 5.74) is 0. The maximum atomic E-state index is 10.2. The molecule has 9 heavy (non-hydrogen) atoms. The average molecular weight is 167 g/mol. The van der Waals surface area contributed by atoms with Gasteiger partial charge < -0.3 is 0 Å². The first-order valence-electron chi connectivity index (χ1n) is 2.38. The fourth-order valence-electron chi connectivity index (χ4n) is 0.298. The Hall–Kier alpha value is -0.200. The van der Waals surface area contributed by atoms with Crippen LogP contribution in [0.3, 0.4) is 0 Å². The van der Waals surface area contributed by atoms with Crippen molar-refractivity contribution in [3.63, 3.8) is 0 Å². The van der Waals surface area contributed by atoms with E-state index in [9.17, 15) is 8.42 Å². The first-order chi connectivity index (χ1) is 4.06. The van der Waals surface area contributed by atoms with Crippen LogP contribution in [-0.4, -0.2) is 14.2 Å². The van der Waals surface area contributed by atoms with E-state index >= 15 is 0 Å². The highest BCUT2D eigenvalue weighted by Gasteiger charge is 2.00. The highest BCUT2D eigenvalue weighted by Crippen LogP contribution is 1.96. The molecule has 0 aromatic heterocycles.